The van der Waals surface area contributed by atoms with Crippen LogP contribution in [0.4, 0.5) is 0 Å². The summed E-state index contributed by atoms with van der Waals surface area (Å²) >= 11 is 0. The first-order valence-corrected chi connectivity index (χ1v) is 11.8. The summed E-state index contributed by atoms with van der Waals surface area (Å²) in [5.74, 6) is 0. The highest BCUT2D eigenvalue weighted by Crippen LogP contribution is 2.16. The molecule has 0 bridgehead atoms. The molecule has 0 aromatic carbocycles. The monoisotopic (exact) mass is 360 g/mol. The molecule has 0 N–H and O–H groups in total. The van der Waals surface area contributed by atoms with Crippen LogP contribution in [0.5, 0.6) is 0 Å². The minimum Gasteiger partial charge on any atom is -0.205 e. The van der Waals surface area contributed by atoms with Crippen LogP contribution in [-0.2, 0) is 19.4 Å². The highest BCUT2D eigenvalue weighted by atomic mass is 14.9. The quantitative estimate of drug-likeness (QED) is 0.199. The predicted octanol–water partition coefficient (Wildman–Crippen LogP) is 7.58. The lowest BCUT2D eigenvalue weighted by Crippen LogP contribution is -2.32. The molecule has 0 aliphatic heterocycles. The molecular formula is C25H46N+. The molecule has 1 aromatic heterocycles. The van der Waals surface area contributed by atoms with Crippen molar-refractivity contribution in [2.45, 2.75) is 130 Å². The van der Waals surface area contributed by atoms with Gasteiger partial charge in [0, 0.05) is 11.6 Å². The molecule has 0 atom stereocenters. The molecular weight excluding hydrogens is 314 g/mol. The lowest BCUT2D eigenvalue weighted by atomic mass is 9.98. The second kappa shape index (κ2) is 16.3. The average Bonchev–Trinajstić information content (AvgIpc) is 2.67. The highest BCUT2D eigenvalue weighted by molar-refractivity contribution is 5.21. The Hall–Kier alpha value is -0.850. The van der Waals surface area contributed by atoms with Crippen LogP contribution in [0.25, 0.3) is 0 Å². The second-order valence-electron chi connectivity index (χ2n) is 8.07. The molecule has 26 heavy (non-hydrogen) atoms. The first kappa shape index (κ1) is 23.2. The third-order valence-electron chi connectivity index (χ3n) is 5.67. The van der Waals surface area contributed by atoms with Crippen molar-refractivity contribution in [1.82, 2.24) is 0 Å². The zero-order valence-electron chi connectivity index (χ0n) is 18.2. The molecule has 150 valence electrons. The number of hydrogen-bond acceptors (Lipinski definition) is 0. The summed E-state index contributed by atoms with van der Waals surface area (Å²) in [6, 6.07) is 2.40. The molecule has 0 spiro atoms. The van der Waals surface area contributed by atoms with Crippen LogP contribution in [0.3, 0.4) is 0 Å². The van der Waals surface area contributed by atoms with Crippen molar-refractivity contribution in [3.05, 3.63) is 29.6 Å². The molecule has 0 unspecified atom stereocenters. The SMILES string of the molecule is CCCCCCCCCc1cc[n+](CC)cc1CCCCCCCCC. The van der Waals surface area contributed by atoms with Crippen LogP contribution in [0.2, 0.25) is 0 Å². The maximum absolute atomic E-state index is 2.42. The summed E-state index contributed by atoms with van der Waals surface area (Å²) in [5.41, 5.74) is 3.24. The van der Waals surface area contributed by atoms with Crippen LogP contribution in [0.1, 0.15) is 122 Å². The standard InChI is InChI=1S/C25H46N/c1-4-7-9-11-13-15-17-19-24-21-22-26(6-3)23-25(24)20-18-16-14-12-10-8-5-2/h21-23H,4-20H2,1-3H3/q+1. The van der Waals surface area contributed by atoms with E-state index in [1.54, 1.807) is 11.1 Å². The van der Waals surface area contributed by atoms with E-state index >= 15 is 0 Å². The van der Waals surface area contributed by atoms with Crippen molar-refractivity contribution in [2.75, 3.05) is 0 Å². The molecule has 1 aromatic rings. The van der Waals surface area contributed by atoms with E-state index in [9.17, 15) is 0 Å². The van der Waals surface area contributed by atoms with Gasteiger partial charge in [0.1, 0.15) is 6.54 Å². The Labute approximate surface area is 164 Å². The number of pyridine rings is 1. The molecule has 0 aliphatic carbocycles. The van der Waals surface area contributed by atoms with Gasteiger partial charge in [-0.3, -0.25) is 0 Å². The Kier molecular flexibility index (Phi) is 14.6. The molecule has 1 rings (SSSR count). The van der Waals surface area contributed by atoms with Crippen molar-refractivity contribution in [2.24, 2.45) is 0 Å². The van der Waals surface area contributed by atoms with Crippen LogP contribution >= 0.6 is 0 Å². The van der Waals surface area contributed by atoms with Gasteiger partial charge in [-0.05, 0) is 38.2 Å². The summed E-state index contributed by atoms with van der Waals surface area (Å²) in [6.45, 7) is 7.92. The molecule has 1 nitrogen and oxygen atoms in total. The van der Waals surface area contributed by atoms with Crippen molar-refractivity contribution < 1.29 is 4.57 Å². The first-order chi connectivity index (χ1) is 12.8. The molecule has 0 saturated heterocycles. The summed E-state index contributed by atoms with van der Waals surface area (Å²) in [4.78, 5) is 0. The van der Waals surface area contributed by atoms with E-state index in [4.69, 9.17) is 0 Å². The summed E-state index contributed by atoms with van der Waals surface area (Å²) in [7, 11) is 0. The third kappa shape index (κ3) is 11.0. The molecule has 1 heteroatoms. The molecule has 0 fully saturated rings. The summed E-state index contributed by atoms with van der Waals surface area (Å²) in [5, 5.41) is 0. The number of aromatic nitrogens is 1. The number of aryl methyl sites for hydroxylation is 3. The van der Waals surface area contributed by atoms with Gasteiger partial charge in [-0.25, -0.2) is 4.57 Å². The lowest BCUT2D eigenvalue weighted by molar-refractivity contribution is -0.694. The van der Waals surface area contributed by atoms with Gasteiger partial charge < -0.3 is 0 Å². The van der Waals surface area contributed by atoms with Crippen LogP contribution in [-0.4, -0.2) is 0 Å². The largest absolute Gasteiger partial charge is 0.205 e. The zero-order valence-corrected chi connectivity index (χ0v) is 18.2. The Morgan fingerprint density at radius 1 is 0.577 bits per heavy atom. The fourth-order valence-corrected chi connectivity index (χ4v) is 3.83. The van der Waals surface area contributed by atoms with Gasteiger partial charge in [0.2, 0.25) is 0 Å². The topological polar surface area (TPSA) is 3.88 Å². The van der Waals surface area contributed by atoms with Gasteiger partial charge in [-0.2, -0.15) is 0 Å². The lowest BCUT2D eigenvalue weighted by Gasteiger charge is -2.09. The number of rotatable bonds is 17. The predicted molar refractivity (Wildman–Crippen MR) is 116 cm³/mol. The van der Waals surface area contributed by atoms with E-state index in [1.165, 1.54) is 103 Å². The fourth-order valence-electron chi connectivity index (χ4n) is 3.83. The minimum atomic E-state index is 1.09. The van der Waals surface area contributed by atoms with E-state index in [1.807, 2.05) is 0 Å². The minimum absolute atomic E-state index is 1.09. The molecule has 0 radical (unpaired) electrons. The average molecular weight is 361 g/mol. The van der Waals surface area contributed by atoms with Crippen molar-refractivity contribution >= 4 is 0 Å². The van der Waals surface area contributed by atoms with Crippen LogP contribution in [0.15, 0.2) is 18.5 Å². The Morgan fingerprint density at radius 3 is 1.54 bits per heavy atom. The highest BCUT2D eigenvalue weighted by Gasteiger charge is 2.08. The van der Waals surface area contributed by atoms with Gasteiger partial charge in [-0.1, -0.05) is 90.9 Å². The van der Waals surface area contributed by atoms with Crippen LogP contribution < -0.4 is 4.57 Å². The number of nitrogens with zero attached hydrogens (tertiary/aromatic N) is 1. The van der Waals surface area contributed by atoms with Crippen molar-refractivity contribution in [1.29, 1.82) is 0 Å². The van der Waals surface area contributed by atoms with E-state index in [2.05, 4.69) is 43.8 Å². The molecule has 0 saturated carbocycles. The van der Waals surface area contributed by atoms with Gasteiger partial charge in [-0.15, -0.1) is 0 Å². The second-order valence-corrected chi connectivity index (χ2v) is 8.07. The molecule has 0 amide bonds. The third-order valence-corrected chi connectivity index (χ3v) is 5.67. The molecule has 0 aliphatic rings. The normalized spacial score (nSPS) is 11.2. The Bertz CT molecular complexity index is 438. The van der Waals surface area contributed by atoms with E-state index < -0.39 is 0 Å². The van der Waals surface area contributed by atoms with Crippen molar-refractivity contribution in [3.63, 3.8) is 0 Å². The maximum Gasteiger partial charge on any atom is 0.172 e. The van der Waals surface area contributed by atoms with Gasteiger partial charge in [0.25, 0.3) is 0 Å². The molecule has 1 heterocycles. The fraction of sp³-hybridized carbons (Fsp3) is 0.800. The number of unbranched alkanes of at least 4 members (excludes halogenated alkanes) is 12. The Morgan fingerprint density at radius 2 is 1.04 bits per heavy atom. The van der Waals surface area contributed by atoms with E-state index in [0.29, 0.717) is 0 Å². The Balaban J connectivity index is 2.32. The van der Waals surface area contributed by atoms with Crippen molar-refractivity contribution in [3.8, 4) is 0 Å². The smallest absolute Gasteiger partial charge is 0.172 e. The maximum atomic E-state index is 2.42. The van der Waals surface area contributed by atoms with Crippen LogP contribution in [0, 0.1) is 0 Å². The van der Waals surface area contributed by atoms with E-state index in [0.717, 1.165) is 6.54 Å². The van der Waals surface area contributed by atoms with Gasteiger partial charge in [0.05, 0.1) is 0 Å². The summed E-state index contributed by atoms with van der Waals surface area (Å²) < 4.78 is 2.35. The zero-order chi connectivity index (χ0) is 18.9. The number of hydrogen-bond donors (Lipinski definition) is 0. The first-order valence-electron chi connectivity index (χ1n) is 11.8. The van der Waals surface area contributed by atoms with Gasteiger partial charge >= 0.3 is 0 Å². The van der Waals surface area contributed by atoms with E-state index in [-0.39, 0.29) is 0 Å². The summed E-state index contributed by atoms with van der Waals surface area (Å²) in [6.07, 6.45) is 26.9. The van der Waals surface area contributed by atoms with Gasteiger partial charge in [0.15, 0.2) is 12.4 Å².